The zero-order chi connectivity index (χ0) is 15.4. The molecule has 2 heterocycles. The number of amides is 1. The molecule has 1 aromatic heterocycles. The molecule has 22 heavy (non-hydrogen) atoms. The smallest absolute Gasteiger partial charge is 0.261 e. The molecule has 1 fully saturated rings. The molecule has 5 nitrogen and oxygen atoms in total. The first-order chi connectivity index (χ1) is 10.7. The molecule has 1 aliphatic rings. The fourth-order valence-electron chi connectivity index (χ4n) is 2.64. The van der Waals surface area contributed by atoms with E-state index in [1.807, 2.05) is 0 Å². The summed E-state index contributed by atoms with van der Waals surface area (Å²) in [4.78, 5) is 22.4. The highest BCUT2D eigenvalue weighted by Gasteiger charge is 2.31. The van der Waals surface area contributed by atoms with Crippen LogP contribution in [-0.2, 0) is 4.79 Å². The summed E-state index contributed by atoms with van der Waals surface area (Å²) >= 11 is 0. The molecule has 0 saturated carbocycles. The molecule has 0 aliphatic carbocycles. The van der Waals surface area contributed by atoms with Crippen LogP contribution >= 0.6 is 0 Å². The predicted octanol–water partition coefficient (Wildman–Crippen LogP) is 2.36. The molecule has 1 aromatic carbocycles. The zero-order valence-electron chi connectivity index (χ0n) is 12.0. The van der Waals surface area contributed by atoms with Gasteiger partial charge < -0.3 is 9.64 Å². The van der Waals surface area contributed by atoms with Gasteiger partial charge in [0, 0.05) is 25.0 Å². The van der Waals surface area contributed by atoms with E-state index in [2.05, 4.69) is 9.97 Å². The van der Waals surface area contributed by atoms with Gasteiger partial charge in [-0.05, 0) is 25.0 Å². The molecule has 0 radical (unpaired) electrons. The van der Waals surface area contributed by atoms with Crippen LogP contribution in [0.4, 0.5) is 4.39 Å². The second-order valence-corrected chi connectivity index (χ2v) is 5.12. The number of hydrogen-bond donors (Lipinski definition) is 0. The van der Waals surface area contributed by atoms with E-state index in [9.17, 15) is 9.18 Å². The standard InChI is InChI=1S/C16H16FN3O2/c17-12-3-1-4-13(9-12)22-11-16(21)20-8-2-5-15(20)14-10-18-6-7-19-14/h1,3-4,6-7,9-10,15H,2,5,8,11H2. The van der Waals surface area contributed by atoms with Gasteiger partial charge in [-0.1, -0.05) is 6.07 Å². The molecule has 2 aromatic rings. The molecule has 1 aliphatic heterocycles. The second kappa shape index (κ2) is 6.51. The number of ether oxygens (including phenoxy) is 1. The van der Waals surface area contributed by atoms with Crippen LogP contribution in [0.3, 0.4) is 0 Å². The minimum Gasteiger partial charge on any atom is -0.484 e. The number of rotatable bonds is 4. The Balaban J connectivity index is 1.64. The van der Waals surface area contributed by atoms with Gasteiger partial charge in [0.25, 0.3) is 5.91 Å². The molecule has 0 N–H and O–H groups in total. The third kappa shape index (κ3) is 3.21. The third-order valence-electron chi connectivity index (χ3n) is 3.66. The number of hydrogen-bond acceptors (Lipinski definition) is 4. The maximum absolute atomic E-state index is 13.1. The topological polar surface area (TPSA) is 55.3 Å². The molecule has 114 valence electrons. The summed E-state index contributed by atoms with van der Waals surface area (Å²) < 4.78 is 18.5. The summed E-state index contributed by atoms with van der Waals surface area (Å²) in [6, 6.07) is 5.71. The molecular weight excluding hydrogens is 285 g/mol. The van der Waals surface area contributed by atoms with Crippen LogP contribution in [0.25, 0.3) is 0 Å². The lowest BCUT2D eigenvalue weighted by atomic mass is 10.1. The van der Waals surface area contributed by atoms with Crippen LogP contribution < -0.4 is 4.74 Å². The van der Waals surface area contributed by atoms with Gasteiger partial charge in [-0.25, -0.2) is 4.39 Å². The fraction of sp³-hybridized carbons (Fsp3) is 0.312. The summed E-state index contributed by atoms with van der Waals surface area (Å²) in [5, 5.41) is 0. The van der Waals surface area contributed by atoms with Crippen LogP contribution in [0, 0.1) is 5.82 Å². The highest BCUT2D eigenvalue weighted by atomic mass is 19.1. The van der Waals surface area contributed by atoms with E-state index in [1.54, 1.807) is 35.6 Å². The molecule has 6 heteroatoms. The molecular formula is C16H16FN3O2. The molecule has 1 amide bonds. The monoisotopic (exact) mass is 301 g/mol. The average Bonchev–Trinajstić information content (AvgIpc) is 3.03. The van der Waals surface area contributed by atoms with Crippen molar-refractivity contribution in [2.75, 3.05) is 13.2 Å². The van der Waals surface area contributed by atoms with Crippen LogP contribution in [0.5, 0.6) is 5.75 Å². The van der Waals surface area contributed by atoms with Gasteiger partial charge >= 0.3 is 0 Å². The molecule has 1 atom stereocenters. The van der Waals surface area contributed by atoms with Gasteiger partial charge in [-0.15, -0.1) is 0 Å². The fourth-order valence-corrected chi connectivity index (χ4v) is 2.64. The number of benzene rings is 1. The van der Waals surface area contributed by atoms with Gasteiger partial charge in [0.15, 0.2) is 6.61 Å². The van der Waals surface area contributed by atoms with Crippen molar-refractivity contribution in [2.45, 2.75) is 18.9 Å². The van der Waals surface area contributed by atoms with Crippen molar-refractivity contribution in [3.63, 3.8) is 0 Å². The summed E-state index contributed by atoms with van der Waals surface area (Å²) in [5.74, 6) is -0.162. The van der Waals surface area contributed by atoms with E-state index in [4.69, 9.17) is 4.74 Å². The van der Waals surface area contributed by atoms with E-state index in [-0.39, 0.29) is 24.4 Å². The van der Waals surface area contributed by atoms with Gasteiger partial charge in [-0.2, -0.15) is 0 Å². The largest absolute Gasteiger partial charge is 0.484 e. The Kier molecular flexibility index (Phi) is 4.27. The Morgan fingerprint density at radius 1 is 1.41 bits per heavy atom. The summed E-state index contributed by atoms with van der Waals surface area (Å²) in [5.41, 5.74) is 0.791. The number of halogens is 1. The predicted molar refractivity (Wildman–Crippen MR) is 77.6 cm³/mol. The minimum absolute atomic E-state index is 0.0580. The summed E-state index contributed by atoms with van der Waals surface area (Å²) in [6.45, 7) is 0.562. The zero-order valence-corrected chi connectivity index (χ0v) is 12.0. The molecule has 3 rings (SSSR count). The molecule has 0 spiro atoms. The van der Waals surface area contributed by atoms with Crippen molar-refractivity contribution in [1.82, 2.24) is 14.9 Å². The van der Waals surface area contributed by atoms with E-state index >= 15 is 0 Å². The average molecular weight is 301 g/mol. The molecule has 1 unspecified atom stereocenters. The molecule has 1 saturated heterocycles. The first-order valence-corrected chi connectivity index (χ1v) is 7.18. The van der Waals surface area contributed by atoms with Crippen molar-refractivity contribution >= 4 is 5.91 Å². The lowest BCUT2D eigenvalue weighted by Gasteiger charge is -2.24. The van der Waals surface area contributed by atoms with Gasteiger partial charge in [-0.3, -0.25) is 14.8 Å². The second-order valence-electron chi connectivity index (χ2n) is 5.12. The number of aromatic nitrogens is 2. The SMILES string of the molecule is O=C(COc1cccc(F)c1)N1CCCC1c1cnccn1. The quantitative estimate of drug-likeness (QED) is 0.870. The van der Waals surface area contributed by atoms with Gasteiger partial charge in [0.1, 0.15) is 11.6 Å². The first kappa shape index (κ1) is 14.4. The molecule has 0 bridgehead atoms. The Morgan fingerprint density at radius 3 is 3.09 bits per heavy atom. The van der Waals surface area contributed by atoms with Crippen molar-refractivity contribution in [3.05, 3.63) is 54.4 Å². The Morgan fingerprint density at radius 2 is 2.32 bits per heavy atom. The number of carbonyl (C=O) groups is 1. The van der Waals surface area contributed by atoms with Gasteiger partial charge in [0.05, 0.1) is 17.9 Å². The highest BCUT2D eigenvalue weighted by molar-refractivity contribution is 5.78. The summed E-state index contributed by atoms with van der Waals surface area (Å²) in [6.07, 6.45) is 6.71. The Bertz CT molecular complexity index is 651. The lowest BCUT2D eigenvalue weighted by Crippen LogP contribution is -2.34. The Hall–Kier alpha value is -2.50. The van der Waals surface area contributed by atoms with Gasteiger partial charge in [0.2, 0.25) is 0 Å². The first-order valence-electron chi connectivity index (χ1n) is 7.18. The Labute approximate surface area is 127 Å². The highest BCUT2D eigenvalue weighted by Crippen LogP contribution is 2.30. The minimum atomic E-state index is -0.386. The maximum Gasteiger partial charge on any atom is 0.261 e. The lowest BCUT2D eigenvalue weighted by molar-refractivity contribution is -0.134. The van der Waals surface area contributed by atoms with Crippen molar-refractivity contribution in [1.29, 1.82) is 0 Å². The number of nitrogens with zero attached hydrogens (tertiary/aromatic N) is 3. The maximum atomic E-state index is 13.1. The third-order valence-corrected chi connectivity index (χ3v) is 3.66. The van der Waals surface area contributed by atoms with Crippen molar-refractivity contribution in [3.8, 4) is 5.75 Å². The van der Waals surface area contributed by atoms with Crippen LogP contribution in [0.1, 0.15) is 24.6 Å². The van der Waals surface area contributed by atoms with E-state index in [0.717, 1.165) is 18.5 Å². The van der Waals surface area contributed by atoms with E-state index in [0.29, 0.717) is 12.3 Å². The summed E-state index contributed by atoms with van der Waals surface area (Å²) in [7, 11) is 0. The van der Waals surface area contributed by atoms with Crippen LogP contribution in [-0.4, -0.2) is 33.9 Å². The normalized spacial score (nSPS) is 17.5. The van der Waals surface area contributed by atoms with E-state index in [1.165, 1.54) is 12.1 Å². The number of likely N-dealkylation sites (tertiary alicyclic amines) is 1. The van der Waals surface area contributed by atoms with Crippen LogP contribution in [0.2, 0.25) is 0 Å². The van der Waals surface area contributed by atoms with Crippen molar-refractivity contribution in [2.24, 2.45) is 0 Å². The van der Waals surface area contributed by atoms with E-state index < -0.39 is 0 Å². The van der Waals surface area contributed by atoms with Crippen LogP contribution in [0.15, 0.2) is 42.9 Å². The number of carbonyl (C=O) groups excluding carboxylic acids is 1. The van der Waals surface area contributed by atoms with Crippen molar-refractivity contribution < 1.29 is 13.9 Å².